The zero-order valence-electron chi connectivity index (χ0n) is 12.0. The second-order valence-electron chi connectivity index (χ2n) is 5.33. The van der Waals surface area contributed by atoms with E-state index in [0.717, 1.165) is 25.3 Å². The van der Waals surface area contributed by atoms with Gasteiger partial charge in [-0.1, -0.05) is 19.3 Å². The van der Waals surface area contributed by atoms with E-state index >= 15 is 0 Å². The third-order valence-corrected chi connectivity index (χ3v) is 4.02. The molecule has 3 nitrogen and oxygen atoms in total. The molecule has 0 radical (unpaired) electrons. The van der Waals surface area contributed by atoms with E-state index in [1.807, 2.05) is 12.1 Å². The first-order valence-corrected chi connectivity index (χ1v) is 7.46. The third-order valence-electron chi connectivity index (χ3n) is 4.02. The van der Waals surface area contributed by atoms with Crippen LogP contribution in [0, 0.1) is 0 Å². The van der Waals surface area contributed by atoms with Crippen LogP contribution in [0.1, 0.15) is 38.5 Å². The summed E-state index contributed by atoms with van der Waals surface area (Å²) < 4.78 is 5.24. The molecule has 0 bridgehead atoms. The maximum atomic E-state index is 5.68. The number of nitrogens with two attached hydrogens (primary N) is 1. The molecule has 1 fully saturated rings. The Balaban J connectivity index is 2.10. The number of hydrogen-bond donors (Lipinski definition) is 1. The van der Waals surface area contributed by atoms with Crippen LogP contribution in [0.5, 0.6) is 5.75 Å². The number of hydrogen-bond acceptors (Lipinski definition) is 3. The fourth-order valence-electron chi connectivity index (χ4n) is 2.95. The molecule has 0 unspecified atom stereocenters. The first kappa shape index (κ1) is 14.2. The van der Waals surface area contributed by atoms with Gasteiger partial charge in [0.2, 0.25) is 0 Å². The molecule has 0 aliphatic heterocycles. The molecule has 1 aromatic rings. The van der Waals surface area contributed by atoms with E-state index in [1.165, 1.54) is 37.8 Å². The molecule has 0 atom stereocenters. The van der Waals surface area contributed by atoms with Crippen molar-refractivity contribution in [2.45, 2.75) is 44.6 Å². The van der Waals surface area contributed by atoms with Gasteiger partial charge < -0.3 is 15.4 Å². The van der Waals surface area contributed by atoms with Crippen LogP contribution in [0.4, 0.5) is 5.69 Å². The van der Waals surface area contributed by atoms with Crippen molar-refractivity contribution in [3.05, 3.63) is 24.3 Å². The van der Waals surface area contributed by atoms with Crippen molar-refractivity contribution in [1.29, 1.82) is 0 Å². The zero-order valence-corrected chi connectivity index (χ0v) is 12.0. The highest BCUT2D eigenvalue weighted by Gasteiger charge is 2.20. The lowest BCUT2D eigenvalue weighted by Crippen LogP contribution is -2.38. The van der Waals surface area contributed by atoms with Crippen molar-refractivity contribution in [1.82, 2.24) is 0 Å². The van der Waals surface area contributed by atoms with Crippen LogP contribution in [-0.4, -0.2) is 26.2 Å². The highest BCUT2D eigenvalue weighted by molar-refractivity contribution is 5.50. The fourth-order valence-corrected chi connectivity index (χ4v) is 2.95. The minimum Gasteiger partial charge on any atom is -0.497 e. The maximum absolute atomic E-state index is 5.68. The molecule has 0 spiro atoms. The van der Waals surface area contributed by atoms with Gasteiger partial charge in [-0.3, -0.25) is 0 Å². The monoisotopic (exact) mass is 262 g/mol. The molecule has 2 rings (SSSR count). The lowest BCUT2D eigenvalue weighted by atomic mass is 9.93. The molecular weight excluding hydrogens is 236 g/mol. The van der Waals surface area contributed by atoms with E-state index in [-0.39, 0.29) is 0 Å². The predicted octanol–water partition coefficient (Wildman–Crippen LogP) is 3.18. The molecule has 1 aliphatic rings. The summed E-state index contributed by atoms with van der Waals surface area (Å²) in [5, 5.41) is 0. The van der Waals surface area contributed by atoms with E-state index < -0.39 is 0 Å². The van der Waals surface area contributed by atoms with Crippen LogP contribution < -0.4 is 15.4 Å². The number of anilines is 1. The fraction of sp³-hybridized carbons (Fsp3) is 0.625. The van der Waals surface area contributed by atoms with Gasteiger partial charge in [-0.15, -0.1) is 0 Å². The Morgan fingerprint density at radius 2 is 1.84 bits per heavy atom. The molecule has 19 heavy (non-hydrogen) atoms. The Morgan fingerprint density at radius 1 is 1.16 bits per heavy atom. The van der Waals surface area contributed by atoms with Crippen molar-refractivity contribution in [3.63, 3.8) is 0 Å². The van der Waals surface area contributed by atoms with E-state index in [9.17, 15) is 0 Å². The van der Waals surface area contributed by atoms with Gasteiger partial charge in [0.05, 0.1) is 7.11 Å². The lowest BCUT2D eigenvalue weighted by Gasteiger charge is -2.36. The average molecular weight is 262 g/mol. The summed E-state index contributed by atoms with van der Waals surface area (Å²) in [7, 11) is 1.71. The average Bonchev–Trinajstić information content (AvgIpc) is 2.49. The van der Waals surface area contributed by atoms with Crippen LogP contribution in [0.3, 0.4) is 0 Å². The van der Waals surface area contributed by atoms with E-state index in [2.05, 4.69) is 17.0 Å². The number of benzene rings is 1. The highest BCUT2D eigenvalue weighted by Crippen LogP contribution is 2.28. The molecule has 1 aliphatic carbocycles. The Hall–Kier alpha value is -1.22. The molecule has 0 amide bonds. The van der Waals surface area contributed by atoms with Crippen molar-refractivity contribution < 1.29 is 4.74 Å². The Bertz CT molecular complexity index is 358. The number of nitrogens with zero attached hydrogens (tertiary/aromatic N) is 1. The maximum Gasteiger partial charge on any atom is 0.119 e. The third kappa shape index (κ3) is 3.87. The van der Waals surface area contributed by atoms with Gasteiger partial charge in [0.1, 0.15) is 5.75 Å². The minimum atomic E-state index is 0.689. The first-order valence-electron chi connectivity index (χ1n) is 7.46. The van der Waals surface area contributed by atoms with Gasteiger partial charge in [0.15, 0.2) is 0 Å². The van der Waals surface area contributed by atoms with E-state index in [4.69, 9.17) is 10.5 Å². The Morgan fingerprint density at radius 3 is 2.42 bits per heavy atom. The molecule has 2 N–H and O–H groups in total. The lowest BCUT2D eigenvalue weighted by molar-refractivity contribution is 0.410. The van der Waals surface area contributed by atoms with Gasteiger partial charge in [0.25, 0.3) is 0 Å². The SMILES string of the molecule is COc1ccc(N(CCCN)C2CCCCC2)cc1. The van der Waals surface area contributed by atoms with Crippen LogP contribution in [0.25, 0.3) is 0 Å². The Kier molecular flexibility index (Phi) is 5.52. The quantitative estimate of drug-likeness (QED) is 0.855. The van der Waals surface area contributed by atoms with Crippen LogP contribution >= 0.6 is 0 Å². The highest BCUT2D eigenvalue weighted by atomic mass is 16.5. The molecule has 3 heteroatoms. The minimum absolute atomic E-state index is 0.689. The summed E-state index contributed by atoms with van der Waals surface area (Å²) in [4.78, 5) is 2.55. The smallest absolute Gasteiger partial charge is 0.119 e. The van der Waals surface area contributed by atoms with Crippen LogP contribution in [0.15, 0.2) is 24.3 Å². The summed E-state index contributed by atoms with van der Waals surface area (Å²) in [6, 6.07) is 9.13. The molecular formula is C16H26N2O. The second kappa shape index (κ2) is 7.39. The number of ether oxygens (including phenoxy) is 1. The summed E-state index contributed by atoms with van der Waals surface area (Å²) in [5.41, 5.74) is 6.99. The van der Waals surface area contributed by atoms with E-state index in [1.54, 1.807) is 7.11 Å². The molecule has 1 saturated carbocycles. The summed E-state index contributed by atoms with van der Waals surface area (Å²) >= 11 is 0. The van der Waals surface area contributed by atoms with E-state index in [0.29, 0.717) is 6.04 Å². The number of methoxy groups -OCH3 is 1. The molecule has 1 aromatic carbocycles. The molecule has 0 heterocycles. The van der Waals surface area contributed by atoms with Gasteiger partial charge in [-0.25, -0.2) is 0 Å². The van der Waals surface area contributed by atoms with Crippen molar-refractivity contribution in [2.75, 3.05) is 25.1 Å². The van der Waals surface area contributed by atoms with Gasteiger partial charge in [0, 0.05) is 18.3 Å². The van der Waals surface area contributed by atoms with Crippen molar-refractivity contribution in [3.8, 4) is 5.75 Å². The largest absolute Gasteiger partial charge is 0.497 e. The predicted molar refractivity (Wildman–Crippen MR) is 80.9 cm³/mol. The van der Waals surface area contributed by atoms with Gasteiger partial charge in [-0.05, 0) is 50.1 Å². The first-order chi connectivity index (χ1) is 9.35. The Labute approximate surface area is 116 Å². The topological polar surface area (TPSA) is 38.5 Å². The standard InChI is InChI=1S/C16H26N2O/c1-19-16-10-8-15(9-11-16)18(13-5-12-17)14-6-3-2-4-7-14/h8-11,14H,2-7,12-13,17H2,1H3. The van der Waals surface area contributed by atoms with Crippen molar-refractivity contribution >= 4 is 5.69 Å². The van der Waals surface area contributed by atoms with Crippen LogP contribution in [0.2, 0.25) is 0 Å². The molecule has 0 saturated heterocycles. The molecule has 106 valence electrons. The zero-order chi connectivity index (χ0) is 13.5. The van der Waals surface area contributed by atoms with Crippen molar-refractivity contribution in [2.24, 2.45) is 5.73 Å². The summed E-state index contributed by atoms with van der Waals surface area (Å²) in [6.45, 7) is 1.83. The second-order valence-corrected chi connectivity index (χ2v) is 5.33. The summed E-state index contributed by atoms with van der Waals surface area (Å²) in [5.74, 6) is 0.922. The number of rotatable bonds is 6. The van der Waals surface area contributed by atoms with Crippen LogP contribution in [-0.2, 0) is 0 Å². The van der Waals surface area contributed by atoms with Gasteiger partial charge >= 0.3 is 0 Å². The summed E-state index contributed by atoms with van der Waals surface area (Å²) in [6.07, 6.45) is 7.81. The normalized spacial score (nSPS) is 16.3. The molecule has 0 aromatic heterocycles. The van der Waals surface area contributed by atoms with Gasteiger partial charge in [-0.2, -0.15) is 0 Å².